The summed E-state index contributed by atoms with van der Waals surface area (Å²) in [5, 5.41) is 33.2. The van der Waals surface area contributed by atoms with E-state index in [2.05, 4.69) is 20.3 Å². The number of hydrogen-bond acceptors (Lipinski definition) is 9. The molecule has 0 bridgehead atoms. The molecule has 0 spiro atoms. The minimum atomic E-state index is -1.23. The van der Waals surface area contributed by atoms with Crippen molar-refractivity contribution in [3.8, 4) is 0 Å². The van der Waals surface area contributed by atoms with Crippen LogP contribution in [0.1, 0.15) is 11.8 Å². The molecule has 1 aliphatic rings. The Morgan fingerprint density at radius 2 is 2.04 bits per heavy atom. The van der Waals surface area contributed by atoms with Gasteiger partial charge in [-0.05, 0) is 23.8 Å². The summed E-state index contributed by atoms with van der Waals surface area (Å²) in [5.74, 6) is 0.467. The number of nitrogens with one attached hydrogen (secondary N) is 1. The Morgan fingerprint density at radius 3 is 2.79 bits per heavy atom. The molecule has 1 saturated heterocycles. The summed E-state index contributed by atoms with van der Waals surface area (Å²) in [6, 6.07) is 5.21. The molecule has 0 radical (unpaired) electrons. The van der Waals surface area contributed by atoms with Crippen LogP contribution in [0.2, 0.25) is 5.02 Å². The molecule has 11 heteroatoms. The highest BCUT2D eigenvalue weighted by Crippen LogP contribution is 2.32. The van der Waals surface area contributed by atoms with Gasteiger partial charge in [-0.1, -0.05) is 11.6 Å². The number of nitrogens with zero attached hydrogens (tertiary/aromatic N) is 4. The van der Waals surface area contributed by atoms with Crippen molar-refractivity contribution >= 4 is 34.3 Å². The molecule has 0 aliphatic carbocycles. The first-order valence-electron chi connectivity index (χ1n) is 8.57. The lowest BCUT2D eigenvalue weighted by atomic mass is 10.1. The number of rotatable bonds is 5. The van der Waals surface area contributed by atoms with Crippen molar-refractivity contribution in [2.45, 2.75) is 31.1 Å². The number of hydrogen-bond donors (Lipinski definition) is 5. The third kappa shape index (κ3) is 3.25. The normalized spacial score (nSPS) is 24.7. The molecule has 3 aromatic rings. The number of nitrogen functional groups attached to an aromatic ring is 1. The van der Waals surface area contributed by atoms with Crippen molar-refractivity contribution < 1.29 is 20.1 Å². The number of anilines is 2. The molecule has 4 rings (SSSR count). The fraction of sp³-hybridized carbons (Fsp3) is 0.353. The van der Waals surface area contributed by atoms with E-state index in [0.29, 0.717) is 34.2 Å². The zero-order valence-corrected chi connectivity index (χ0v) is 15.4. The SMILES string of the molecule is Nc1ccc(Cl)cc1CNc1ncnc2c1ncn2C1O[C@H](CO)[C@@H](O)[C@H]1O. The average molecular weight is 407 g/mol. The van der Waals surface area contributed by atoms with Gasteiger partial charge in [-0.2, -0.15) is 0 Å². The predicted molar refractivity (Wildman–Crippen MR) is 102 cm³/mol. The number of aromatic nitrogens is 4. The van der Waals surface area contributed by atoms with Crippen LogP contribution in [-0.2, 0) is 11.3 Å². The first-order valence-corrected chi connectivity index (χ1v) is 8.95. The predicted octanol–water partition coefficient (Wildman–Crippen LogP) is 0.285. The van der Waals surface area contributed by atoms with E-state index in [4.69, 9.17) is 22.1 Å². The van der Waals surface area contributed by atoms with E-state index in [1.54, 1.807) is 18.2 Å². The smallest absolute Gasteiger partial charge is 0.167 e. The quantitative estimate of drug-likeness (QED) is 0.376. The van der Waals surface area contributed by atoms with Crippen LogP contribution in [-0.4, -0.2) is 59.8 Å². The maximum atomic E-state index is 10.2. The molecule has 6 N–H and O–H groups in total. The summed E-state index contributed by atoms with van der Waals surface area (Å²) in [4.78, 5) is 12.7. The van der Waals surface area contributed by atoms with Crippen molar-refractivity contribution in [3.63, 3.8) is 0 Å². The van der Waals surface area contributed by atoms with Gasteiger partial charge in [0, 0.05) is 17.3 Å². The number of benzene rings is 1. The van der Waals surface area contributed by atoms with Gasteiger partial charge in [0.2, 0.25) is 0 Å². The number of aliphatic hydroxyl groups is 3. The Bertz CT molecular complexity index is 999. The number of nitrogens with two attached hydrogens (primary N) is 1. The first kappa shape index (κ1) is 18.8. The van der Waals surface area contributed by atoms with E-state index in [9.17, 15) is 15.3 Å². The lowest BCUT2D eigenvalue weighted by Gasteiger charge is -2.16. The molecule has 0 saturated carbocycles. The van der Waals surface area contributed by atoms with Gasteiger partial charge >= 0.3 is 0 Å². The van der Waals surface area contributed by atoms with E-state index in [1.165, 1.54) is 17.2 Å². The molecule has 28 heavy (non-hydrogen) atoms. The van der Waals surface area contributed by atoms with Gasteiger partial charge in [0.25, 0.3) is 0 Å². The van der Waals surface area contributed by atoms with Gasteiger partial charge in [-0.15, -0.1) is 0 Å². The van der Waals surface area contributed by atoms with Crippen molar-refractivity contribution in [1.82, 2.24) is 19.5 Å². The molecule has 1 unspecified atom stereocenters. The van der Waals surface area contributed by atoms with Gasteiger partial charge in [0.15, 0.2) is 23.2 Å². The Hall–Kier alpha value is -2.50. The molecule has 148 valence electrons. The summed E-state index contributed by atoms with van der Waals surface area (Å²) in [5.41, 5.74) is 8.24. The number of aliphatic hydroxyl groups excluding tert-OH is 3. The van der Waals surface area contributed by atoms with Gasteiger partial charge in [-0.25, -0.2) is 15.0 Å². The van der Waals surface area contributed by atoms with E-state index in [1.807, 2.05) is 0 Å². The summed E-state index contributed by atoms with van der Waals surface area (Å²) in [6.07, 6.45) is -1.46. The second kappa shape index (κ2) is 7.49. The van der Waals surface area contributed by atoms with E-state index in [-0.39, 0.29) is 0 Å². The summed E-state index contributed by atoms with van der Waals surface area (Å²) in [6.45, 7) is -0.0383. The molecular formula is C17H19ClN6O4. The topological polar surface area (TPSA) is 152 Å². The molecule has 0 amide bonds. The Labute approximate surface area is 164 Å². The van der Waals surface area contributed by atoms with Gasteiger partial charge in [0.1, 0.15) is 24.6 Å². The fourth-order valence-corrected chi connectivity index (χ4v) is 3.38. The summed E-state index contributed by atoms with van der Waals surface area (Å²) < 4.78 is 7.05. The molecule has 10 nitrogen and oxygen atoms in total. The fourth-order valence-electron chi connectivity index (χ4n) is 3.18. The molecule has 1 fully saturated rings. The highest BCUT2D eigenvalue weighted by atomic mass is 35.5. The molecule has 4 atom stereocenters. The van der Waals surface area contributed by atoms with Gasteiger partial charge in [-0.3, -0.25) is 4.57 Å². The Kier molecular flexibility index (Phi) is 5.04. The lowest BCUT2D eigenvalue weighted by molar-refractivity contribution is -0.0511. The maximum absolute atomic E-state index is 10.2. The van der Waals surface area contributed by atoms with Crippen LogP contribution >= 0.6 is 11.6 Å². The van der Waals surface area contributed by atoms with Crippen molar-refractivity contribution in [2.24, 2.45) is 0 Å². The zero-order chi connectivity index (χ0) is 19.8. The number of halogens is 1. The van der Waals surface area contributed by atoms with Gasteiger partial charge < -0.3 is 31.1 Å². The van der Waals surface area contributed by atoms with Crippen LogP contribution in [0, 0.1) is 0 Å². The average Bonchev–Trinajstić information content (AvgIpc) is 3.24. The lowest BCUT2D eigenvalue weighted by Crippen LogP contribution is -2.33. The number of imidazole rings is 1. The van der Waals surface area contributed by atoms with Crippen LogP contribution in [0.15, 0.2) is 30.9 Å². The van der Waals surface area contributed by atoms with E-state index >= 15 is 0 Å². The Morgan fingerprint density at radius 1 is 1.21 bits per heavy atom. The first-order chi connectivity index (χ1) is 13.5. The molecule has 1 aliphatic heterocycles. The third-order valence-corrected chi connectivity index (χ3v) is 4.94. The molecule has 1 aromatic carbocycles. The van der Waals surface area contributed by atoms with Crippen molar-refractivity contribution in [2.75, 3.05) is 17.7 Å². The molecular weight excluding hydrogens is 388 g/mol. The van der Waals surface area contributed by atoms with Gasteiger partial charge in [0.05, 0.1) is 12.9 Å². The number of ether oxygens (including phenoxy) is 1. The van der Waals surface area contributed by atoms with Crippen LogP contribution in [0.3, 0.4) is 0 Å². The minimum Gasteiger partial charge on any atom is -0.398 e. The van der Waals surface area contributed by atoms with Crippen LogP contribution in [0.5, 0.6) is 0 Å². The monoisotopic (exact) mass is 406 g/mol. The standard InChI is InChI=1S/C17H19ClN6O4/c18-9-1-2-10(19)8(3-9)4-20-15-12-16(22-6-21-15)24(7-23-12)17-14(27)13(26)11(5-25)28-17/h1-3,6-7,11,13-14,17,25-27H,4-5,19H2,(H,20,21,22)/t11-,13-,14-,17?/m1/s1. The van der Waals surface area contributed by atoms with Crippen LogP contribution in [0.4, 0.5) is 11.5 Å². The summed E-state index contributed by atoms with van der Waals surface area (Å²) >= 11 is 6.02. The minimum absolute atomic E-state index is 0.374. The molecule has 3 heterocycles. The van der Waals surface area contributed by atoms with Crippen molar-refractivity contribution in [1.29, 1.82) is 0 Å². The van der Waals surface area contributed by atoms with E-state index < -0.39 is 31.1 Å². The zero-order valence-electron chi connectivity index (χ0n) is 14.6. The van der Waals surface area contributed by atoms with Crippen molar-refractivity contribution in [3.05, 3.63) is 41.4 Å². The summed E-state index contributed by atoms with van der Waals surface area (Å²) in [7, 11) is 0. The van der Waals surface area contributed by atoms with E-state index in [0.717, 1.165) is 5.56 Å². The highest BCUT2D eigenvalue weighted by Gasteiger charge is 2.44. The van der Waals surface area contributed by atoms with Crippen LogP contribution in [0.25, 0.3) is 11.2 Å². The number of fused-ring (bicyclic) bond motifs is 1. The Balaban J connectivity index is 1.61. The second-order valence-electron chi connectivity index (χ2n) is 6.47. The molecule has 2 aromatic heterocycles. The largest absolute Gasteiger partial charge is 0.398 e. The second-order valence-corrected chi connectivity index (χ2v) is 6.91. The third-order valence-electron chi connectivity index (χ3n) is 4.70. The highest BCUT2D eigenvalue weighted by molar-refractivity contribution is 6.30. The maximum Gasteiger partial charge on any atom is 0.167 e. The van der Waals surface area contributed by atoms with Crippen LogP contribution < -0.4 is 11.1 Å².